The van der Waals surface area contributed by atoms with Gasteiger partial charge in [0, 0.05) is 22.2 Å². The van der Waals surface area contributed by atoms with Crippen LogP contribution in [0.15, 0.2) is 34.5 Å². The van der Waals surface area contributed by atoms with Gasteiger partial charge in [-0.25, -0.2) is 9.79 Å². The third kappa shape index (κ3) is 3.43. The molecule has 3 rings (SSSR count). The average Bonchev–Trinajstić information content (AvgIpc) is 2.54. The van der Waals surface area contributed by atoms with Gasteiger partial charge in [0.25, 0.3) is 0 Å². The monoisotopic (exact) mass is 398 g/mol. The average molecular weight is 399 g/mol. The fraction of sp³-hybridized carbons (Fsp3) is 0.353. The maximum atomic E-state index is 12.6. The highest BCUT2D eigenvalue weighted by molar-refractivity contribution is 8.14. The normalized spacial score (nSPS) is 20.3. The Morgan fingerprint density at radius 2 is 2.20 bits per heavy atom. The number of allylic oxidation sites excluding steroid dienone is 1. The Morgan fingerprint density at radius 1 is 1.44 bits per heavy atom. The van der Waals surface area contributed by atoms with Crippen LogP contribution in [0.3, 0.4) is 0 Å². The standard InChI is InChI=1S/C17H16Cl2N2O3S/c1-3-24-16(23)14-9(2)20-17-21(13(22)6-7-25-17)15(14)11-5-4-10(18)8-12(11)19/h4-5,8,15H,3,6-7H2,1-2H3/t15-/m0/s1. The van der Waals surface area contributed by atoms with Crippen molar-refractivity contribution >= 4 is 52.0 Å². The van der Waals surface area contributed by atoms with Gasteiger partial charge in [-0.05, 0) is 31.5 Å². The zero-order valence-corrected chi connectivity index (χ0v) is 16.0. The summed E-state index contributed by atoms with van der Waals surface area (Å²) in [7, 11) is 0. The molecular formula is C17H16Cl2N2O3S. The third-order valence-electron chi connectivity index (χ3n) is 3.96. The van der Waals surface area contributed by atoms with E-state index in [9.17, 15) is 9.59 Å². The van der Waals surface area contributed by atoms with Crippen LogP contribution in [0.4, 0.5) is 0 Å². The number of rotatable bonds is 3. The molecule has 2 aliphatic heterocycles. The molecule has 0 spiro atoms. The van der Waals surface area contributed by atoms with Crippen LogP contribution in [0, 0.1) is 0 Å². The first-order chi connectivity index (χ1) is 11.9. The number of ether oxygens (including phenoxy) is 1. The maximum Gasteiger partial charge on any atom is 0.338 e. The first kappa shape index (κ1) is 18.3. The van der Waals surface area contributed by atoms with E-state index >= 15 is 0 Å². The fourth-order valence-electron chi connectivity index (χ4n) is 2.88. The molecule has 0 aliphatic carbocycles. The van der Waals surface area contributed by atoms with E-state index in [1.807, 2.05) is 0 Å². The highest BCUT2D eigenvalue weighted by Gasteiger charge is 2.42. The molecule has 0 unspecified atom stereocenters. The van der Waals surface area contributed by atoms with Gasteiger partial charge in [0.1, 0.15) is 0 Å². The lowest BCUT2D eigenvalue weighted by molar-refractivity contribution is -0.139. The molecule has 5 nitrogen and oxygen atoms in total. The fourth-order valence-corrected chi connectivity index (χ4v) is 4.40. The number of benzene rings is 1. The van der Waals surface area contributed by atoms with Gasteiger partial charge in [0.05, 0.1) is 23.9 Å². The molecule has 1 saturated heterocycles. The van der Waals surface area contributed by atoms with Gasteiger partial charge in [-0.2, -0.15) is 0 Å². The van der Waals surface area contributed by atoms with Crippen molar-refractivity contribution in [1.29, 1.82) is 0 Å². The smallest absolute Gasteiger partial charge is 0.338 e. The molecule has 1 atom stereocenters. The summed E-state index contributed by atoms with van der Waals surface area (Å²) in [6, 6.07) is 4.35. The minimum atomic E-state index is -0.670. The number of esters is 1. The van der Waals surface area contributed by atoms with Gasteiger partial charge in [-0.15, -0.1) is 0 Å². The molecule has 0 aromatic heterocycles. The number of thioether (sulfide) groups is 1. The first-order valence-electron chi connectivity index (χ1n) is 7.80. The molecule has 1 aromatic carbocycles. The number of amides is 1. The molecule has 1 amide bonds. The molecule has 1 aromatic rings. The van der Waals surface area contributed by atoms with Crippen LogP contribution < -0.4 is 0 Å². The third-order valence-corrected chi connectivity index (χ3v) is 5.48. The Balaban J connectivity index is 2.19. The first-order valence-corrected chi connectivity index (χ1v) is 9.54. The Morgan fingerprint density at radius 3 is 2.88 bits per heavy atom. The molecule has 0 saturated carbocycles. The molecule has 2 heterocycles. The van der Waals surface area contributed by atoms with E-state index in [0.29, 0.717) is 44.2 Å². The number of hydrogen-bond donors (Lipinski definition) is 0. The van der Waals surface area contributed by atoms with E-state index in [-0.39, 0.29) is 12.5 Å². The molecular weight excluding hydrogens is 383 g/mol. The lowest BCUT2D eigenvalue weighted by Crippen LogP contribution is -2.46. The number of carbonyl (C=O) groups is 2. The number of fused-ring (bicyclic) bond motifs is 1. The van der Waals surface area contributed by atoms with Crippen LogP contribution in [0.1, 0.15) is 31.9 Å². The van der Waals surface area contributed by atoms with E-state index in [1.54, 1.807) is 36.9 Å². The summed E-state index contributed by atoms with van der Waals surface area (Å²) in [4.78, 5) is 31.2. The topological polar surface area (TPSA) is 59.0 Å². The summed E-state index contributed by atoms with van der Waals surface area (Å²) in [6.45, 7) is 3.71. The van der Waals surface area contributed by atoms with Gasteiger partial charge >= 0.3 is 5.97 Å². The number of hydrogen-bond acceptors (Lipinski definition) is 5. The van der Waals surface area contributed by atoms with Crippen LogP contribution in [-0.4, -0.2) is 34.3 Å². The summed E-state index contributed by atoms with van der Waals surface area (Å²) >= 11 is 13.9. The molecule has 132 valence electrons. The lowest BCUT2D eigenvalue weighted by Gasteiger charge is -2.39. The second kappa shape index (κ2) is 7.40. The van der Waals surface area contributed by atoms with Crippen LogP contribution >= 0.6 is 35.0 Å². The van der Waals surface area contributed by atoms with Gasteiger partial charge < -0.3 is 4.74 Å². The van der Waals surface area contributed by atoms with Crippen LogP contribution in [0.25, 0.3) is 0 Å². The van der Waals surface area contributed by atoms with Gasteiger partial charge in [-0.3, -0.25) is 9.69 Å². The van der Waals surface area contributed by atoms with Crippen molar-refractivity contribution in [2.24, 2.45) is 4.99 Å². The zero-order valence-electron chi connectivity index (χ0n) is 13.7. The number of aliphatic imine (C=N–C) groups is 1. The summed E-state index contributed by atoms with van der Waals surface area (Å²) in [5.41, 5.74) is 1.48. The highest BCUT2D eigenvalue weighted by atomic mass is 35.5. The molecule has 2 aliphatic rings. The summed E-state index contributed by atoms with van der Waals surface area (Å²) < 4.78 is 5.20. The SMILES string of the molecule is CCOC(=O)C1=C(C)N=C2SCCC(=O)N2[C@H]1c1ccc(Cl)cc1Cl. The Kier molecular flexibility index (Phi) is 5.41. The predicted octanol–water partition coefficient (Wildman–Crippen LogP) is 4.21. The van der Waals surface area contributed by atoms with Crippen molar-refractivity contribution in [3.63, 3.8) is 0 Å². The van der Waals surface area contributed by atoms with Crippen molar-refractivity contribution in [3.05, 3.63) is 45.1 Å². The Hall–Kier alpha value is -1.50. The predicted molar refractivity (Wildman–Crippen MR) is 99.9 cm³/mol. The summed E-state index contributed by atoms with van der Waals surface area (Å²) in [5, 5.41) is 1.45. The van der Waals surface area contributed by atoms with Gasteiger partial charge in [0.2, 0.25) is 5.91 Å². The minimum absolute atomic E-state index is 0.0946. The minimum Gasteiger partial charge on any atom is -0.463 e. The van der Waals surface area contributed by atoms with E-state index in [2.05, 4.69) is 4.99 Å². The second-order valence-electron chi connectivity index (χ2n) is 5.54. The number of halogens is 2. The Labute approximate surface area is 160 Å². The largest absolute Gasteiger partial charge is 0.463 e. The lowest BCUT2D eigenvalue weighted by atomic mass is 9.94. The van der Waals surface area contributed by atoms with Crippen molar-refractivity contribution < 1.29 is 14.3 Å². The molecule has 0 radical (unpaired) electrons. The summed E-state index contributed by atoms with van der Waals surface area (Å²) in [6.07, 6.45) is 0.376. The summed E-state index contributed by atoms with van der Waals surface area (Å²) in [5.74, 6) is 0.0714. The highest BCUT2D eigenvalue weighted by Crippen LogP contribution is 2.42. The zero-order chi connectivity index (χ0) is 18.1. The number of nitrogens with zero attached hydrogens (tertiary/aromatic N) is 2. The quantitative estimate of drug-likeness (QED) is 0.715. The van der Waals surface area contributed by atoms with E-state index in [1.165, 1.54) is 11.8 Å². The van der Waals surface area contributed by atoms with E-state index in [0.717, 1.165) is 0 Å². The molecule has 8 heteroatoms. The van der Waals surface area contributed by atoms with Crippen molar-refractivity contribution in [2.75, 3.05) is 12.4 Å². The van der Waals surface area contributed by atoms with Gasteiger partial charge in [-0.1, -0.05) is 41.0 Å². The Bertz CT molecular complexity index is 807. The van der Waals surface area contributed by atoms with Gasteiger partial charge in [0.15, 0.2) is 5.17 Å². The van der Waals surface area contributed by atoms with Crippen LogP contribution in [-0.2, 0) is 14.3 Å². The van der Waals surface area contributed by atoms with E-state index in [4.69, 9.17) is 27.9 Å². The van der Waals surface area contributed by atoms with Crippen LogP contribution in [0.5, 0.6) is 0 Å². The van der Waals surface area contributed by atoms with Crippen molar-refractivity contribution in [3.8, 4) is 0 Å². The number of amidine groups is 1. The number of carbonyl (C=O) groups excluding carboxylic acids is 2. The van der Waals surface area contributed by atoms with Crippen molar-refractivity contribution in [2.45, 2.75) is 26.3 Å². The molecule has 1 fully saturated rings. The maximum absolute atomic E-state index is 12.6. The molecule has 25 heavy (non-hydrogen) atoms. The van der Waals surface area contributed by atoms with E-state index < -0.39 is 12.0 Å². The van der Waals surface area contributed by atoms with Crippen LogP contribution in [0.2, 0.25) is 10.0 Å². The molecule has 0 bridgehead atoms. The van der Waals surface area contributed by atoms with Crippen molar-refractivity contribution in [1.82, 2.24) is 4.90 Å². The molecule has 0 N–H and O–H groups in total. The second-order valence-corrected chi connectivity index (χ2v) is 7.45.